The Labute approximate surface area is 117 Å². The van der Waals surface area contributed by atoms with Crippen molar-refractivity contribution in [2.24, 2.45) is 0 Å². The number of benzene rings is 1. The molecule has 0 radical (unpaired) electrons. The SMILES string of the molecule is N#Cc1ccc(CNS(=O)(=O)CC2CCCO2)c(F)c1. The van der Waals surface area contributed by atoms with Crippen LogP contribution in [0.2, 0.25) is 0 Å². The van der Waals surface area contributed by atoms with Gasteiger partial charge in [-0.1, -0.05) is 6.07 Å². The third-order valence-electron chi connectivity index (χ3n) is 3.09. The van der Waals surface area contributed by atoms with Crippen LogP contribution in [0.3, 0.4) is 0 Å². The number of hydrogen-bond donors (Lipinski definition) is 1. The normalized spacial score (nSPS) is 18.9. The molecule has 1 fully saturated rings. The zero-order valence-electron chi connectivity index (χ0n) is 10.8. The Balaban J connectivity index is 1.95. The van der Waals surface area contributed by atoms with E-state index in [2.05, 4.69) is 4.72 Å². The first-order chi connectivity index (χ1) is 9.50. The summed E-state index contributed by atoms with van der Waals surface area (Å²) in [6, 6.07) is 5.76. The van der Waals surface area contributed by atoms with Crippen LogP contribution in [0, 0.1) is 17.1 Å². The molecule has 1 atom stereocenters. The van der Waals surface area contributed by atoms with E-state index >= 15 is 0 Å². The van der Waals surface area contributed by atoms with Gasteiger partial charge in [-0.15, -0.1) is 0 Å². The second-order valence-electron chi connectivity index (χ2n) is 4.66. The molecular weight excluding hydrogens is 283 g/mol. The predicted octanol–water partition coefficient (Wildman–Crippen LogP) is 1.30. The van der Waals surface area contributed by atoms with Gasteiger partial charge in [0.25, 0.3) is 0 Å². The summed E-state index contributed by atoms with van der Waals surface area (Å²) in [7, 11) is -3.50. The maximum atomic E-state index is 13.6. The molecule has 1 unspecified atom stereocenters. The number of rotatable bonds is 5. The van der Waals surface area contributed by atoms with E-state index < -0.39 is 15.8 Å². The van der Waals surface area contributed by atoms with Crippen molar-refractivity contribution in [3.05, 3.63) is 35.1 Å². The third-order valence-corrected chi connectivity index (χ3v) is 4.49. The molecule has 0 aliphatic carbocycles. The van der Waals surface area contributed by atoms with Crippen molar-refractivity contribution < 1.29 is 17.5 Å². The summed E-state index contributed by atoms with van der Waals surface area (Å²) in [5, 5.41) is 8.63. The molecule has 108 valence electrons. The Morgan fingerprint density at radius 3 is 2.90 bits per heavy atom. The summed E-state index contributed by atoms with van der Waals surface area (Å²) in [4.78, 5) is 0. The van der Waals surface area contributed by atoms with Crippen molar-refractivity contribution in [1.29, 1.82) is 5.26 Å². The molecule has 1 heterocycles. The van der Waals surface area contributed by atoms with Crippen LogP contribution in [-0.2, 0) is 21.3 Å². The number of nitriles is 1. The lowest BCUT2D eigenvalue weighted by Gasteiger charge is -2.11. The Morgan fingerprint density at radius 1 is 1.50 bits per heavy atom. The van der Waals surface area contributed by atoms with Crippen LogP contribution in [0.5, 0.6) is 0 Å². The number of nitrogens with one attached hydrogen (secondary N) is 1. The smallest absolute Gasteiger partial charge is 0.214 e. The molecule has 1 aliphatic rings. The molecule has 1 aliphatic heterocycles. The predicted molar refractivity (Wildman–Crippen MR) is 70.7 cm³/mol. The van der Waals surface area contributed by atoms with Crippen LogP contribution >= 0.6 is 0 Å². The largest absolute Gasteiger partial charge is 0.377 e. The highest BCUT2D eigenvalue weighted by molar-refractivity contribution is 7.89. The van der Waals surface area contributed by atoms with E-state index in [0.717, 1.165) is 18.9 Å². The average molecular weight is 298 g/mol. The fourth-order valence-electron chi connectivity index (χ4n) is 2.03. The van der Waals surface area contributed by atoms with Crippen LogP contribution in [0.4, 0.5) is 4.39 Å². The van der Waals surface area contributed by atoms with Crippen molar-refractivity contribution in [1.82, 2.24) is 4.72 Å². The van der Waals surface area contributed by atoms with Crippen LogP contribution in [0.25, 0.3) is 0 Å². The second kappa shape index (κ2) is 6.31. The molecule has 1 aromatic carbocycles. The molecule has 20 heavy (non-hydrogen) atoms. The summed E-state index contributed by atoms with van der Waals surface area (Å²) < 4.78 is 44.9. The molecule has 1 N–H and O–H groups in total. The van der Waals surface area contributed by atoms with Gasteiger partial charge in [-0.3, -0.25) is 0 Å². The molecule has 7 heteroatoms. The first-order valence-corrected chi connectivity index (χ1v) is 7.93. The van der Waals surface area contributed by atoms with Gasteiger partial charge in [-0.05, 0) is 25.0 Å². The zero-order chi connectivity index (χ0) is 14.6. The lowest BCUT2D eigenvalue weighted by molar-refractivity contribution is 0.127. The summed E-state index contributed by atoms with van der Waals surface area (Å²) >= 11 is 0. The second-order valence-corrected chi connectivity index (χ2v) is 6.51. The van der Waals surface area contributed by atoms with Gasteiger partial charge in [0.05, 0.1) is 23.5 Å². The van der Waals surface area contributed by atoms with Crippen molar-refractivity contribution >= 4 is 10.0 Å². The molecule has 1 saturated heterocycles. The zero-order valence-corrected chi connectivity index (χ0v) is 11.6. The molecule has 0 aromatic heterocycles. The van der Waals surface area contributed by atoms with E-state index in [1.165, 1.54) is 12.1 Å². The lowest BCUT2D eigenvalue weighted by Crippen LogP contribution is -2.31. The van der Waals surface area contributed by atoms with E-state index in [-0.39, 0.29) is 29.5 Å². The highest BCUT2D eigenvalue weighted by atomic mass is 32.2. The number of halogens is 1. The first kappa shape index (κ1) is 14.9. The Bertz CT molecular complexity index is 619. The van der Waals surface area contributed by atoms with Gasteiger partial charge in [0.1, 0.15) is 5.82 Å². The van der Waals surface area contributed by atoms with Crippen molar-refractivity contribution in [3.63, 3.8) is 0 Å². The molecular formula is C13H15FN2O3S. The third kappa shape index (κ3) is 4.00. The molecule has 0 spiro atoms. The van der Waals surface area contributed by atoms with Gasteiger partial charge in [0.2, 0.25) is 10.0 Å². The minimum absolute atomic E-state index is 0.106. The minimum Gasteiger partial charge on any atom is -0.377 e. The number of sulfonamides is 1. The minimum atomic E-state index is -3.50. The highest BCUT2D eigenvalue weighted by Crippen LogP contribution is 2.14. The summed E-state index contributed by atoms with van der Waals surface area (Å²) in [6.45, 7) is 0.455. The van der Waals surface area contributed by atoms with Gasteiger partial charge < -0.3 is 4.74 Å². The van der Waals surface area contributed by atoms with Gasteiger partial charge in [-0.25, -0.2) is 17.5 Å². The fourth-order valence-corrected chi connectivity index (χ4v) is 3.27. The van der Waals surface area contributed by atoms with Crippen LogP contribution in [-0.4, -0.2) is 26.9 Å². The number of ether oxygens (including phenoxy) is 1. The average Bonchev–Trinajstić information content (AvgIpc) is 2.89. The van der Waals surface area contributed by atoms with Crippen molar-refractivity contribution in [2.45, 2.75) is 25.5 Å². The maximum Gasteiger partial charge on any atom is 0.214 e. The molecule has 0 amide bonds. The Hall–Kier alpha value is -1.49. The van der Waals surface area contributed by atoms with E-state index in [4.69, 9.17) is 10.00 Å². The van der Waals surface area contributed by atoms with E-state index in [1.54, 1.807) is 0 Å². The summed E-state index contributed by atoms with van der Waals surface area (Å²) in [6.07, 6.45) is 1.31. The molecule has 0 saturated carbocycles. The van der Waals surface area contributed by atoms with Crippen molar-refractivity contribution in [2.75, 3.05) is 12.4 Å². The number of nitrogens with zero attached hydrogens (tertiary/aromatic N) is 1. The van der Waals surface area contributed by atoms with Gasteiger partial charge >= 0.3 is 0 Å². The molecule has 0 bridgehead atoms. The van der Waals surface area contributed by atoms with Crippen LogP contribution < -0.4 is 4.72 Å². The Morgan fingerprint density at radius 2 is 2.30 bits per heavy atom. The van der Waals surface area contributed by atoms with Crippen molar-refractivity contribution in [3.8, 4) is 6.07 Å². The monoisotopic (exact) mass is 298 g/mol. The number of hydrogen-bond acceptors (Lipinski definition) is 4. The lowest BCUT2D eigenvalue weighted by atomic mass is 10.1. The van der Waals surface area contributed by atoms with E-state index in [1.807, 2.05) is 6.07 Å². The quantitative estimate of drug-likeness (QED) is 0.888. The van der Waals surface area contributed by atoms with E-state index in [0.29, 0.717) is 6.61 Å². The maximum absolute atomic E-state index is 13.6. The van der Waals surface area contributed by atoms with Crippen LogP contribution in [0.15, 0.2) is 18.2 Å². The molecule has 5 nitrogen and oxygen atoms in total. The highest BCUT2D eigenvalue weighted by Gasteiger charge is 2.23. The van der Waals surface area contributed by atoms with Gasteiger partial charge in [0.15, 0.2) is 0 Å². The van der Waals surface area contributed by atoms with Gasteiger partial charge in [0, 0.05) is 18.7 Å². The summed E-state index contributed by atoms with van der Waals surface area (Å²) in [5.41, 5.74) is 0.411. The van der Waals surface area contributed by atoms with E-state index in [9.17, 15) is 12.8 Å². The molecule has 2 rings (SSSR count). The van der Waals surface area contributed by atoms with Crippen LogP contribution in [0.1, 0.15) is 24.0 Å². The standard InChI is InChI=1S/C13H15FN2O3S/c14-13-6-10(7-15)3-4-11(13)8-16-20(17,18)9-12-2-1-5-19-12/h3-4,6,12,16H,1-2,5,8-9H2. The summed E-state index contributed by atoms with van der Waals surface area (Å²) in [5.74, 6) is -0.700. The van der Waals surface area contributed by atoms with Gasteiger partial charge in [-0.2, -0.15) is 5.26 Å². The first-order valence-electron chi connectivity index (χ1n) is 6.27. The topological polar surface area (TPSA) is 79.2 Å². The fraction of sp³-hybridized carbons (Fsp3) is 0.462. The Kier molecular flexibility index (Phi) is 4.70. The molecule has 1 aromatic rings.